The molecule has 3 heteroatoms. The lowest BCUT2D eigenvalue weighted by Crippen LogP contribution is -2.05. The van der Waals surface area contributed by atoms with Crippen molar-refractivity contribution in [2.45, 2.75) is 6.92 Å². The maximum atomic E-state index is 11.6. The van der Waals surface area contributed by atoms with Crippen LogP contribution in [0.3, 0.4) is 0 Å². The van der Waals surface area contributed by atoms with Crippen LogP contribution in [0.25, 0.3) is 10.8 Å². The van der Waals surface area contributed by atoms with E-state index in [9.17, 15) is 4.79 Å². The van der Waals surface area contributed by atoms with Crippen molar-refractivity contribution in [2.75, 3.05) is 6.61 Å². The van der Waals surface area contributed by atoms with Crippen LogP contribution >= 0.6 is 0 Å². The molecule has 0 amide bonds. The lowest BCUT2D eigenvalue weighted by atomic mass is 10.1. The summed E-state index contributed by atoms with van der Waals surface area (Å²) in [4.78, 5) is 15.6. The molecular formula is C12H11NO2. The van der Waals surface area contributed by atoms with Gasteiger partial charge in [-0.15, -0.1) is 0 Å². The minimum absolute atomic E-state index is 0.283. The van der Waals surface area contributed by atoms with Gasteiger partial charge in [0.1, 0.15) is 0 Å². The zero-order valence-corrected chi connectivity index (χ0v) is 8.43. The van der Waals surface area contributed by atoms with Crippen molar-refractivity contribution < 1.29 is 9.53 Å². The van der Waals surface area contributed by atoms with Gasteiger partial charge >= 0.3 is 5.97 Å². The number of pyridine rings is 1. The van der Waals surface area contributed by atoms with Crippen molar-refractivity contribution in [1.29, 1.82) is 0 Å². The molecule has 3 nitrogen and oxygen atoms in total. The Morgan fingerprint density at radius 3 is 3.07 bits per heavy atom. The van der Waals surface area contributed by atoms with Crippen LogP contribution in [0.5, 0.6) is 0 Å². The molecular weight excluding hydrogens is 190 g/mol. The average Bonchev–Trinajstić information content (AvgIpc) is 2.28. The highest BCUT2D eigenvalue weighted by molar-refractivity contribution is 6.04. The SMILES string of the molecule is CCOC(=O)c1cccc2cnccc12. The summed E-state index contributed by atoms with van der Waals surface area (Å²) in [5.41, 5.74) is 0.594. The Bertz CT molecular complexity index is 488. The van der Waals surface area contributed by atoms with Crippen LogP contribution in [0, 0.1) is 0 Å². The van der Waals surface area contributed by atoms with E-state index >= 15 is 0 Å². The van der Waals surface area contributed by atoms with E-state index in [1.165, 1.54) is 0 Å². The monoisotopic (exact) mass is 201 g/mol. The molecule has 0 spiro atoms. The van der Waals surface area contributed by atoms with Crippen molar-refractivity contribution in [3.63, 3.8) is 0 Å². The van der Waals surface area contributed by atoms with Crippen molar-refractivity contribution in [3.05, 3.63) is 42.2 Å². The number of rotatable bonds is 2. The van der Waals surface area contributed by atoms with Gasteiger partial charge in [-0.25, -0.2) is 4.79 Å². The molecule has 0 aliphatic rings. The molecule has 0 bridgehead atoms. The third kappa shape index (κ3) is 1.81. The quantitative estimate of drug-likeness (QED) is 0.700. The fraction of sp³-hybridized carbons (Fsp3) is 0.167. The molecule has 0 saturated carbocycles. The number of carbonyl (C=O) groups is 1. The first-order valence-electron chi connectivity index (χ1n) is 4.83. The van der Waals surface area contributed by atoms with Crippen LogP contribution in [0.1, 0.15) is 17.3 Å². The Kier molecular flexibility index (Phi) is 2.63. The number of carbonyl (C=O) groups excluding carboxylic acids is 1. The molecule has 2 aromatic rings. The highest BCUT2D eigenvalue weighted by atomic mass is 16.5. The van der Waals surface area contributed by atoms with E-state index in [-0.39, 0.29) is 5.97 Å². The molecule has 0 aliphatic carbocycles. The van der Waals surface area contributed by atoms with Crippen LogP contribution in [0.4, 0.5) is 0 Å². The van der Waals surface area contributed by atoms with Gasteiger partial charge in [-0.3, -0.25) is 4.98 Å². The molecule has 0 radical (unpaired) electrons. The standard InChI is InChI=1S/C12H11NO2/c1-2-15-12(14)11-5-3-4-9-8-13-7-6-10(9)11/h3-8H,2H2,1H3. The summed E-state index contributed by atoms with van der Waals surface area (Å²) in [7, 11) is 0. The number of hydrogen-bond acceptors (Lipinski definition) is 3. The van der Waals surface area contributed by atoms with E-state index in [1.54, 1.807) is 25.4 Å². The number of benzene rings is 1. The van der Waals surface area contributed by atoms with Crippen molar-refractivity contribution in [2.24, 2.45) is 0 Å². The van der Waals surface area contributed by atoms with Gasteiger partial charge in [-0.05, 0) is 24.4 Å². The fourth-order valence-electron chi connectivity index (χ4n) is 1.51. The summed E-state index contributed by atoms with van der Waals surface area (Å²) >= 11 is 0. The van der Waals surface area contributed by atoms with Crippen molar-refractivity contribution in [1.82, 2.24) is 4.98 Å². The molecule has 1 heterocycles. The first-order chi connectivity index (χ1) is 7.33. The Balaban J connectivity index is 2.56. The minimum Gasteiger partial charge on any atom is -0.462 e. The highest BCUT2D eigenvalue weighted by Gasteiger charge is 2.09. The van der Waals surface area contributed by atoms with E-state index in [2.05, 4.69) is 4.98 Å². The van der Waals surface area contributed by atoms with Crippen LogP contribution in [-0.4, -0.2) is 17.6 Å². The molecule has 15 heavy (non-hydrogen) atoms. The van der Waals surface area contributed by atoms with E-state index in [4.69, 9.17) is 4.74 Å². The molecule has 0 N–H and O–H groups in total. The van der Waals surface area contributed by atoms with Crippen LogP contribution in [0.2, 0.25) is 0 Å². The zero-order valence-electron chi connectivity index (χ0n) is 8.43. The number of ether oxygens (including phenoxy) is 1. The molecule has 1 aromatic carbocycles. The zero-order chi connectivity index (χ0) is 10.7. The van der Waals surface area contributed by atoms with Crippen LogP contribution < -0.4 is 0 Å². The van der Waals surface area contributed by atoms with E-state index < -0.39 is 0 Å². The lowest BCUT2D eigenvalue weighted by molar-refractivity contribution is 0.0528. The summed E-state index contributed by atoms with van der Waals surface area (Å²) in [6.07, 6.45) is 3.41. The van der Waals surface area contributed by atoms with Gasteiger partial charge in [0.15, 0.2) is 0 Å². The van der Waals surface area contributed by atoms with Crippen LogP contribution in [-0.2, 0) is 4.74 Å². The summed E-state index contributed by atoms with van der Waals surface area (Å²) in [6, 6.07) is 7.34. The molecule has 0 aliphatic heterocycles. The Morgan fingerprint density at radius 2 is 2.27 bits per heavy atom. The average molecular weight is 201 g/mol. The van der Waals surface area contributed by atoms with E-state index in [1.807, 2.05) is 18.2 Å². The number of nitrogens with zero attached hydrogens (tertiary/aromatic N) is 1. The van der Waals surface area contributed by atoms with Gasteiger partial charge in [0.05, 0.1) is 12.2 Å². The lowest BCUT2D eigenvalue weighted by Gasteiger charge is -2.04. The molecule has 0 atom stereocenters. The molecule has 0 saturated heterocycles. The van der Waals surface area contributed by atoms with Gasteiger partial charge in [0.2, 0.25) is 0 Å². The smallest absolute Gasteiger partial charge is 0.338 e. The molecule has 0 fully saturated rings. The van der Waals surface area contributed by atoms with Crippen molar-refractivity contribution in [3.8, 4) is 0 Å². The summed E-state index contributed by atoms with van der Waals surface area (Å²) in [5, 5.41) is 1.83. The maximum absolute atomic E-state index is 11.6. The van der Waals surface area contributed by atoms with Gasteiger partial charge in [0, 0.05) is 17.8 Å². The van der Waals surface area contributed by atoms with E-state index in [0.29, 0.717) is 12.2 Å². The third-order valence-corrected chi connectivity index (χ3v) is 2.18. The minimum atomic E-state index is -0.283. The van der Waals surface area contributed by atoms with Gasteiger partial charge < -0.3 is 4.74 Å². The Hall–Kier alpha value is -1.90. The molecule has 76 valence electrons. The Labute approximate surface area is 87.7 Å². The number of esters is 1. The molecule has 0 unspecified atom stereocenters. The van der Waals surface area contributed by atoms with Gasteiger partial charge in [0.25, 0.3) is 0 Å². The van der Waals surface area contributed by atoms with Gasteiger partial charge in [-0.2, -0.15) is 0 Å². The van der Waals surface area contributed by atoms with Gasteiger partial charge in [-0.1, -0.05) is 12.1 Å². The molecule has 2 rings (SSSR count). The Morgan fingerprint density at radius 1 is 1.40 bits per heavy atom. The number of hydrogen-bond donors (Lipinski definition) is 0. The largest absolute Gasteiger partial charge is 0.462 e. The second-order valence-corrected chi connectivity index (χ2v) is 3.12. The molecule has 1 aromatic heterocycles. The second-order valence-electron chi connectivity index (χ2n) is 3.12. The first kappa shape index (κ1) is 9.65. The predicted octanol–water partition coefficient (Wildman–Crippen LogP) is 2.41. The highest BCUT2D eigenvalue weighted by Crippen LogP contribution is 2.18. The number of fused-ring (bicyclic) bond motifs is 1. The normalized spacial score (nSPS) is 10.2. The topological polar surface area (TPSA) is 39.2 Å². The summed E-state index contributed by atoms with van der Waals surface area (Å²) in [6.45, 7) is 2.19. The van der Waals surface area contributed by atoms with Crippen molar-refractivity contribution >= 4 is 16.7 Å². The second kappa shape index (κ2) is 4.09. The predicted molar refractivity (Wildman–Crippen MR) is 57.7 cm³/mol. The first-order valence-corrected chi connectivity index (χ1v) is 4.83. The summed E-state index contributed by atoms with van der Waals surface area (Å²) in [5.74, 6) is -0.283. The number of aromatic nitrogens is 1. The summed E-state index contributed by atoms with van der Waals surface area (Å²) < 4.78 is 4.98. The van der Waals surface area contributed by atoms with E-state index in [0.717, 1.165) is 10.8 Å². The van der Waals surface area contributed by atoms with Crippen LogP contribution in [0.15, 0.2) is 36.7 Å². The third-order valence-electron chi connectivity index (χ3n) is 2.18. The maximum Gasteiger partial charge on any atom is 0.338 e. The fourth-order valence-corrected chi connectivity index (χ4v) is 1.51.